The minimum atomic E-state index is 0.256. The fraction of sp³-hybridized carbons (Fsp3) is 0.320. The molecule has 1 fully saturated rings. The molecule has 5 rings (SSSR count). The van der Waals surface area contributed by atoms with Gasteiger partial charge in [-0.25, -0.2) is 0 Å². The standard InChI is InChI=1S/C25H25NO/c1-2-6-23(27)19-11-7-17-9-13-21-22(26-15-4-3-5-16-26)14-10-18-8-12-20(19)24(17)25(18)21/h7-14H,2-6,15-16H2,1H3. The van der Waals surface area contributed by atoms with Crippen LogP contribution in [-0.4, -0.2) is 18.9 Å². The van der Waals surface area contributed by atoms with Crippen LogP contribution >= 0.6 is 0 Å². The third kappa shape index (κ3) is 2.58. The average Bonchev–Trinajstić information content (AvgIpc) is 2.72. The summed E-state index contributed by atoms with van der Waals surface area (Å²) in [5, 5.41) is 7.51. The topological polar surface area (TPSA) is 20.3 Å². The molecule has 27 heavy (non-hydrogen) atoms. The van der Waals surface area contributed by atoms with Crippen LogP contribution < -0.4 is 4.90 Å². The van der Waals surface area contributed by atoms with E-state index in [1.165, 1.54) is 51.9 Å². The van der Waals surface area contributed by atoms with Crippen molar-refractivity contribution in [1.82, 2.24) is 0 Å². The number of carbonyl (C=O) groups excluding carboxylic acids is 1. The lowest BCUT2D eigenvalue weighted by molar-refractivity contribution is 0.0983. The van der Waals surface area contributed by atoms with Crippen molar-refractivity contribution >= 4 is 43.8 Å². The van der Waals surface area contributed by atoms with Crippen LogP contribution in [0, 0.1) is 0 Å². The molecular formula is C25H25NO. The molecular weight excluding hydrogens is 330 g/mol. The van der Waals surface area contributed by atoms with Crippen LogP contribution in [0.3, 0.4) is 0 Å². The highest BCUT2D eigenvalue weighted by atomic mass is 16.1. The van der Waals surface area contributed by atoms with E-state index in [1.54, 1.807) is 0 Å². The molecule has 0 saturated carbocycles. The summed E-state index contributed by atoms with van der Waals surface area (Å²) in [7, 11) is 0. The van der Waals surface area contributed by atoms with Gasteiger partial charge in [0.2, 0.25) is 0 Å². The lowest BCUT2D eigenvalue weighted by atomic mass is 9.89. The van der Waals surface area contributed by atoms with Gasteiger partial charge in [0.1, 0.15) is 0 Å². The second kappa shape index (κ2) is 6.53. The molecule has 0 aliphatic carbocycles. The lowest BCUT2D eigenvalue weighted by Crippen LogP contribution is -2.29. The van der Waals surface area contributed by atoms with Crippen molar-refractivity contribution in [2.45, 2.75) is 39.0 Å². The Bertz CT molecular complexity index is 1140. The van der Waals surface area contributed by atoms with Crippen LogP contribution in [0.25, 0.3) is 32.3 Å². The Morgan fingerprint density at radius 2 is 1.44 bits per heavy atom. The number of piperidine rings is 1. The van der Waals surface area contributed by atoms with Gasteiger partial charge >= 0.3 is 0 Å². The molecule has 1 aliphatic heterocycles. The summed E-state index contributed by atoms with van der Waals surface area (Å²) in [6.07, 6.45) is 5.39. The Kier molecular flexibility index (Phi) is 4.00. The fourth-order valence-electron chi connectivity index (χ4n) is 4.80. The van der Waals surface area contributed by atoms with E-state index in [9.17, 15) is 4.79 Å². The molecule has 0 unspecified atom stereocenters. The Balaban J connectivity index is 1.81. The molecule has 0 bridgehead atoms. The second-order valence-corrected chi connectivity index (χ2v) is 7.84. The molecule has 2 nitrogen and oxygen atoms in total. The maximum Gasteiger partial charge on any atom is 0.163 e. The number of Topliss-reactive ketones (excluding diaryl/α,β-unsaturated/α-hetero) is 1. The van der Waals surface area contributed by atoms with Crippen LogP contribution in [0.5, 0.6) is 0 Å². The number of rotatable bonds is 4. The van der Waals surface area contributed by atoms with Gasteiger partial charge in [0, 0.05) is 36.1 Å². The number of carbonyl (C=O) groups is 1. The second-order valence-electron chi connectivity index (χ2n) is 7.84. The van der Waals surface area contributed by atoms with E-state index in [4.69, 9.17) is 0 Å². The Labute approximate surface area is 160 Å². The van der Waals surface area contributed by atoms with E-state index >= 15 is 0 Å². The molecule has 4 aromatic rings. The number of hydrogen-bond donors (Lipinski definition) is 0. The molecule has 0 N–H and O–H groups in total. The van der Waals surface area contributed by atoms with Crippen molar-refractivity contribution in [3.8, 4) is 0 Å². The Morgan fingerprint density at radius 1 is 0.815 bits per heavy atom. The highest BCUT2D eigenvalue weighted by Gasteiger charge is 2.18. The molecule has 4 aromatic carbocycles. The molecule has 136 valence electrons. The summed E-state index contributed by atoms with van der Waals surface area (Å²) in [5.41, 5.74) is 2.23. The normalized spacial score (nSPS) is 15.2. The molecule has 0 radical (unpaired) electrons. The number of nitrogens with zero attached hydrogens (tertiary/aromatic N) is 1. The molecule has 0 aromatic heterocycles. The molecule has 1 heterocycles. The van der Waals surface area contributed by atoms with Crippen LogP contribution in [0.15, 0.2) is 48.5 Å². The smallest absolute Gasteiger partial charge is 0.163 e. The molecule has 0 spiro atoms. The third-order valence-corrected chi connectivity index (χ3v) is 6.12. The van der Waals surface area contributed by atoms with E-state index in [2.05, 4.69) is 54.3 Å². The van der Waals surface area contributed by atoms with Gasteiger partial charge in [-0.3, -0.25) is 4.79 Å². The first kappa shape index (κ1) is 16.6. The van der Waals surface area contributed by atoms with Crippen LogP contribution in [0.2, 0.25) is 0 Å². The van der Waals surface area contributed by atoms with Gasteiger partial charge in [-0.05, 0) is 58.7 Å². The first-order valence-corrected chi connectivity index (χ1v) is 10.3. The zero-order chi connectivity index (χ0) is 18.4. The van der Waals surface area contributed by atoms with Crippen molar-refractivity contribution in [2.75, 3.05) is 18.0 Å². The lowest BCUT2D eigenvalue weighted by Gasteiger charge is -2.30. The highest BCUT2D eigenvalue weighted by molar-refractivity contribution is 6.28. The van der Waals surface area contributed by atoms with E-state index in [1.807, 2.05) is 6.07 Å². The van der Waals surface area contributed by atoms with Crippen molar-refractivity contribution in [2.24, 2.45) is 0 Å². The molecule has 1 aliphatic rings. The molecule has 0 atom stereocenters. The number of benzene rings is 4. The van der Waals surface area contributed by atoms with Crippen molar-refractivity contribution < 1.29 is 4.79 Å². The third-order valence-electron chi connectivity index (χ3n) is 6.12. The number of anilines is 1. The van der Waals surface area contributed by atoms with Gasteiger partial charge in [0.25, 0.3) is 0 Å². The zero-order valence-electron chi connectivity index (χ0n) is 15.9. The average molecular weight is 355 g/mol. The van der Waals surface area contributed by atoms with Crippen LogP contribution in [0.4, 0.5) is 5.69 Å². The molecule has 1 saturated heterocycles. The maximum absolute atomic E-state index is 12.7. The largest absolute Gasteiger partial charge is 0.371 e. The van der Waals surface area contributed by atoms with Crippen LogP contribution in [0.1, 0.15) is 49.4 Å². The minimum Gasteiger partial charge on any atom is -0.371 e. The van der Waals surface area contributed by atoms with Gasteiger partial charge in [-0.15, -0.1) is 0 Å². The zero-order valence-corrected chi connectivity index (χ0v) is 15.9. The fourth-order valence-corrected chi connectivity index (χ4v) is 4.80. The Morgan fingerprint density at radius 3 is 2.19 bits per heavy atom. The monoisotopic (exact) mass is 355 g/mol. The van der Waals surface area contributed by atoms with Crippen molar-refractivity contribution in [3.63, 3.8) is 0 Å². The first-order chi connectivity index (χ1) is 13.3. The predicted octanol–water partition coefficient (Wildman–Crippen LogP) is 6.56. The van der Waals surface area contributed by atoms with E-state index in [-0.39, 0.29) is 5.78 Å². The summed E-state index contributed by atoms with van der Waals surface area (Å²) in [4.78, 5) is 15.2. The highest BCUT2D eigenvalue weighted by Crippen LogP contribution is 2.40. The van der Waals surface area contributed by atoms with E-state index in [0.717, 1.165) is 30.5 Å². The van der Waals surface area contributed by atoms with E-state index in [0.29, 0.717) is 6.42 Å². The SMILES string of the molecule is CCCC(=O)c1ccc2ccc3c(N4CCCCC4)ccc4ccc1c2c43. The van der Waals surface area contributed by atoms with Crippen LogP contribution in [-0.2, 0) is 0 Å². The molecule has 0 amide bonds. The van der Waals surface area contributed by atoms with E-state index < -0.39 is 0 Å². The van der Waals surface area contributed by atoms with Gasteiger partial charge in [-0.1, -0.05) is 49.4 Å². The number of ketones is 1. The number of hydrogen-bond acceptors (Lipinski definition) is 2. The quantitative estimate of drug-likeness (QED) is 0.305. The van der Waals surface area contributed by atoms with Gasteiger partial charge < -0.3 is 4.90 Å². The van der Waals surface area contributed by atoms with Crippen molar-refractivity contribution in [1.29, 1.82) is 0 Å². The van der Waals surface area contributed by atoms with Crippen molar-refractivity contribution in [3.05, 3.63) is 54.1 Å². The summed E-state index contributed by atoms with van der Waals surface area (Å²) in [5.74, 6) is 0.256. The minimum absolute atomic E-state index is 0.256. The molecule has 2 heteroatoms. The van der Waals surface area contributed by atoms with Gasteiger partial charge in [-0.2, -0.15) is 0 Å². The van der Waals surface area contributed by atoms with Gasteiger partial charge in [0.05, 0.1) is 0 Å². The summed E-state index contributed by atoms with van der Waals surface area (Å²) in [6.45, 7) is 4.35. The summed E-state index contributed by atoms with van der Waals surface area (Å²) >= 11 is 0. The first-order valence-electron chi connectivity index (χ1n) is 10.3. The summed E-state index contributed by atoms with van der Waals surface area (Å²) < 4.78 is 0. The Hall–Kier alpha value is -2.61. The summed E-state index contributed by atoms with van der Waals surface area (Å²) in [6, 6.07) is 17.5. The van der Waals surface area contributed by atoms with Gasteiger partial charge in [0.15, 0.2) is 5.78 Å². The predicted molar refractivity (Wildman–Crippen MR) is 115 cm³/mol. The maximum atomic E-state index is 12.7.